The lowest BCUT2D eigenvalue weighted by Crippen LogP contribution is -2.35. The first kappa shape index (κ1) is 15.8. The lowest BCUT2D eigenvalue weighted by molar-refractivity contribution is 0.196. The van der Waals surface area contributed by atoms with Crippen LogP contribution in [0.4, 0.5) is 0 Å². The van der Waals surface area contributed by atoms with Crippen LogP contribution in [-0.4, -0.2) is 38.2 Å². The van der Waals surface area contributed by atoms with Gasteiger partial charge in [0.2, 0.25) is 0 Å². The number of nitrogens with one attached hydrogen (secondary N) is 2. The molecule has 1 unspecified atom stereocenters. The Morgan fingerprint density at radius 3 is 2.92 bits per heavy atom. The zero-order valence-corrected chi connectivity index (χ0v) is 14.7. The molecule has 1 saturated carbocycles. The number of aromatic amines is 2. The highest BCUT2D eigenvalue weighted by Gasteiger charge is 2.30. The lowest BCUT2D eigenvalue weighted by atomic mass is 9.97. The Morgan fingerprint density at radius 1 is 1.15 bits per heavy atom. The van der Waals surface area contributed by atoms with Gasteiger partial charge in [0.25, 0.3) is 5.56 Å². The molecule has 0 bridgehead atoms. The van der Waals surface area contributed by atoms with E-state index in [0.29, 0.717) is 18.4 Å². The zero-order valence-electron chi connectivity index (χ0n) is 14.7. The molecule has 1 saturated heterocycles. The number of likely N-dealkylation sites (tertiary alicyclic amines) is 1. The van der Waals surface area contributed by atoms with Gasteiger partial charge in [-0.1, -0.05) is 18.2 Å². The summed E-state index contributed by atoms with van der Waals surface area (Å²) in [5.41, 5.74) is 1.74. The fraction of sp³-hybridized carbons (Fsp3) is 0.450. The molecule has 1 aliphatic carbocycles. The van der Waals surface area contributed by atoms with Crippen molar-refractivity contribution >= 4 is 10.9 Å². The van der Waals surface area contributed by atoms with Crippen molar-refractivity contribution in [3.63, 3.8) is 0 Å². The van der Waals surface area contributed by atoms with E-state index < -0.39 is 0 Å². The molecule has 0 radical (unpaired) electrons. The maximum Gasteiger partial charge on any atom is 0.252 e. The fourth-order valence-electron chi connectivity index (χ4n) is 3.97. The lowest BCUT2D eigenvalue weighted by Gasteiger charge is -2.31. The number of rotatable bonds is 4. The Labute approximate surface area is 151 Å². The van der Waals surface area contributed by atoms with E-state index in [1.165, 1.54) is 12.8 Å². The highest BCUT2D eigenvalue weighted by atomic mass is 16.1. The predicted molar refractivity (Wildman–Crippen MR) is 100 cm³/mol. The molecule has 0 spiro atoms. The van der Waals surface area contributed by atoms with Crippen LogP contribution in [0.15, 0.2) is 35.1 Å². The molecule has 5 rings (SSSR count). The van der Waals surface area contributed by atoms with Gasteiger partial charge in [-0.05, 0) is 49.7 Å². The van der Waals surface area contributed by atoms with E-state index in [1.807, 2.05) is 30.3 Å². The number of H-pyrrole nitrogens is 2. The van der Waals surface area contributed by atoms with Crippen LogP contribution < -0.4 is 5.56 Å². The molecule has 6 heteroatoms. The van der Waals surface area contributed by atoms with Crippen LogP contribution in [0.2, 0.25) is 0 Å². The molecule has 2 N–H and O–H groups in total. The number of piperidine rings is 1. The quantitative estimate of drug-likeness (QED) is 0.759. The summed E-state index contributed by atoms with van der Waals surface area (Å²) in [6.07, 6.45) is 4.70. The van der Waals surface area contributed by atoms with Crippen LogP contribution in [0.5, 0.6) is 0 Å². The summed E-state index contributed by atoms with van der Waals surface area (Å²) in [7, 11) is 0. The Hall–Kier alpha value is -2.47. The number of benzene rings is 1. The summed E-state index contributed by atoms with van der Waals surface area (Å²) >= 11 is 0. The first-order valence-corrected chi connectivity index (χ1v) is 9.52. The van der Waals surface area contributed by atoms with Gasteiger partial charge in [0.15, 0.2) is 5.82 Å². The second kappa shape index (κ2) is 6.36. The zero-order chi connectivity index (χ0) is 17.5. The van der Waals surface area contributed by atoms with Gasteiger partial charge < -0.3 is 4.98 Å². The van der Waals surface area contributed by atoms with Crippen molar-refractivity contribution in [3.05, 3.63) is 57.9 Å². The number of para-hydroxylation sites is 1. The average Bonchev–Trinajstić information content (AvgIpc) is 3.39. The molecular formula is C20H23N5O. The summed E-state index contributed by atoms with van der Waals surface area (Å²) in [6, 6.07) is 9.96. The van der Waals surface area contributed by atoms with Crippen molar-refractivity contribution in [3.8, 4) is 0 Å². The van der Waals surface area contributed by atoms with Gasteiger partial charge >= 0.3 is 0 Å². The number of hydrogen-bond donors (Lipinski definition) is 2. The molecule has 6 nitrogen and oxygen atoms in total. The van der Waals surface area contributed by atoms with Crippen LogP contribution in [0.1, 0.15) is 54.7 Å². The first-order chi connectivity index (χ1) is 12.8. The number of pyridine rings is 1. The second-order valence-corrected chi connectivity index (χ2v) is 7.64. The molecule has 1 aliphatic heterocycles. The Morgan fingerprint density at radius 2 is 2.04 bits per heavy atom. The van der Waals surface area contributed by atoms with Crippen molar-refractivity contribution in [2.45, 2.75) is 44.1 Å². The topological polar surface area (TPSA) is 77.7 Å². The SMILES string of the molecule is O=c1[nH]c2ccccc2cc1CN1CCCC(c2n[nH]c(C3CC3)n2)C1. The average molecular weight is 349 g/mol. The van der Waals surface area contributed by atoms with E-state index in [1.54, 1.807) is 0 Å². The minimum Gasteiger partial charge on any atom is -0.322 e. The maximum atomic E-state index is 12.4. The summed E-state index contributed by atoms with van der Waals surface area (Å²) in [4.78, 5) is 22.5. The van der Waals surface area contributed by atoms with E-state index in [-0.39, 0.29) is 5.56 Å². The van der Waals surface area contributed by atoms with Crippen LogP contribution in [0.3, 0.4) is 0 Å². The Kier molecular flexibility index (Phi) is 3.85. The normalized spacial score (nSPS) is 21.3. The van der Waals surface area contributed by atoms with Crippen molar-refractivity contribution in [1.82, 2.24) is 25.1 Å². The van der Waals surface area contributed by atoms with E-state index in [2.05, 4.69) is 20.1 Å². The largest absolute Gasteiger partial charge is 0.322 e. The summed E-state index contributed by atoms with van der Waals surface area (Å²) in [6.45, 7) is 2.60. The predicted octanol–water partition coefficient (Wildman–Crippen LogP) is 2.90. The third-order valence-electron chi connectivity index (χ3n) is 5.58. The maximum absolute atomic E-state index is 12.4. The van der Waals surface area contributed by atoms with Crippen molar-refractivity contribution in [2.24, 2.45) is 0 Å². The van der Waals surface area contributed by atoms with Crippen molar-refractivity contribution in [1.29, 1.82) is 0 Å². The van der Waals surface area contributed by atoms with E-state index in [9.17, 15) is 4.79 Å². The summed E-state index contributed by atoms with van der Waals surface area (Å²) in [5.74, 6) is 2.96. The third kappa shape index (κ3) is 3.05. The van der Waals surface area contributed by atoms with Gasteiger partial charge in [0.05, 0.1) is 0 Å². The summed E-state index contributed by atoms with van der Waals surface area (Å²) < 4.78 is 0. The molecule has 2 aromatic heterocycles. The van der Waals surface area contributed by atoms with Gasteiger partial charge in [0.1, 0.15) is 5.82 Å². The molecular weight excluding hydrogens is 326 g/mol. The van der Waals surface area contributed by atoms with Crippen LogP contribution in [0.25, 0.3) is 10.9 Å². The van der Waals surface area contributed by atoms with Gasteiger partial charge in [0, 0.05) is 36.0 Å². The number of aromatic nitrogens is 4. The number of hydrogen-bond acceptors (Lipinski definition) is 4. The van der Waals surface area contributed by atoms with Gasteiger partial charge in [-0.3, -0.25) is 14.8 Å². The number of fused-ring (bicyclic) bond motifs is 1. The van der Waals surface area contributed by atoms with Crippen molar-refractivity contribution in [2.75, 3.05) is 13.1 Å². The molecule has 2 fully saturated rings. The third-order valence-corrected chi connectivity index (χ3v) is 5.58. The minimum atomic E-state index is 0.0136. The minimum absolute atomic E-state index is 0.0136. The molecule has 0 amide bonds. The van der Waals surface area contributed by atoms with E-state index in [4.69, 9.17) is 4.98 Å². The molecule has 1 aromatic carbocycles. The molecule has 26 heavy (non-hydrogen) atoms. The summed E-state index contributed by atoms with van der Waals surface area (Å²) in [5, 5.41) is 8.68. The van der Waals surface area contributed by atoms with Gasteiger partial charge in [-0.25, -0.2) is 4.98 Å². The molecule has 134 valence electrons. The van der Waals surface area contributed by atoms with Gasteiger partial charge in [-0.15, -0.1) is 0 Å². The molecule has 1 atom stereocenters. The second-order valence-electron chi connectivity index (χ2n) is 7.64. The molecule has 3 aromatic rings. The van der Waals surface area contributed by atoms with Crippen LogP contribution >= 0.6 is 0 Å². The van der Waals surface area contributed by atoms with Crippen LogP contribution in [0, 0.1) is 0 Å². The highest BCUT2D eigenvalue weighted by Crippen LogP contribution is 2.38. The Balaban J connectivity index is 1.33. The number of nitrogens with zero attached hydrogens (tertiary/aromatic N) is 3. The van der Waals surface area contributed by atoms with E-state index in [0.717, 1.165) is 54.0 Å². The fourth-order valence-corrected chi connectivity index (χ4v) is 3.97. The first-order valence-electron chi connectivity index (χ1n) is 9.52. The van der Waals surface area contributed by atoms with Crippen LogP contribution in [-0.2, 0) is 6.54 Å². The molecule has 3 heterocycles. The standard InChI is InChI=1S/C20H23N5O/c26-20-16(10-14-4-1-2-6-17(14)21-20)12-25-9-3-5-15(11-25)19-22-18(23-24-19)13-7-8-13/h1-2,4,6,10,13,15H,3,5,7-9,11-12H2,(H,21,26)(H,22,23,24). The smallest absolute Gasteiger partial charge is 0.252 e. The van der Waals surface area contributed by atoms with Crippen molar-refractivity contribution < 1.29 is 0 Å². The monoisotopic (exact) mass is 349 g/mol. The molecule has 2 aliphatic rings. The van der Waals surface area contributed by atoms with Gasteiger partial charge in [-0.2, -0.15) is 5.10 Å². The Bertz CT molecular complexity index is 987. The van der Waals surface area contributed by atoms with E-state index >= 15 is 0 Å². The highest BCUT2D eigenvalue weighted by molar-refractivity contribution is 5.78.